The number of halogens is 1. The van der Waals surface area contributed by atoms with Crippen LogP contribution in [0.5, 0.6) is 0 Å². The summed E-state index contributed by atoms with van der Waals surface area (Å²) < 4.78 is 32.9. The molecule has 1 atom stereocenters. The molecule has 0 aliphatic heterocycles. The van der Waals surface area contributed by atoms with E-state index in [1.807, 2.05) is 6.92 Å². The van der Waals surface area contributed by atoms with Crippen molar-refractivity contribution >= 4 is 26.0 Å². The van der Waals surface area contributed by atoms with Gasteiger partial charge < -0.3 is 4.52 Å². The normalized spacial score (nSPS) is 13.4. The SMILES string of the molecule is Cc1noc([C@@H](C)NS(=O)(=O)c2ccc(Br)c(C)c2)n1. The minimum Gasteiger partial charge on any atom is -0.338 e. The van der Waals surface area contributed by atoms with Gasteiger partial charge in [-0.15, -0.1) is 0 Å². The van der Waals surface area contributed by atoms with Crippen molar-refractivity contribution in [1.29, 1.82) is 0 Å². The molecule has 0 radical (unpaired) electrons. The molecule has 6 nitrogen and oxygen atoms in total. The highest BCUT2D eigenvalue weighted by Crippen LogP contribution is 2.21. The van der Waals surface area contributed by atoms with E-state index in [2.05, 4.69) is 30.8 Å². The van der Waals surface area contributed by atoms with E-state index < -0.39 is 16.1 Å². The molecule has 2 rings (SSSR count). The van der Waals surface area contributed by atoms with Crippen molar-refractivity contribution in [2.24, 2.45) is 0 Å². The van der Waals surface area contributed by atoms with Crippen molar-refractivity contribution in [2.75, 3.05) is 0 Å². The topological polar surface area (TPSA) is 85.1 Å². The van der Waals surface area contributed by atoms with E-state index >= 15 is 0 Å². The highest BCUT2D eigenvalue weighted by atomic mass is 79.9. The lowest BCUT2D eigenvalue weighted by Gasteiger charge is -2.11. The molecule has 1 aromatic carbocycles. The minimum absolute atomic E-state index is 0.196. The zero-order chi connectivity index (χ0) is 14.9. The van der Waals surface area contributed by atoms with Crippen LogP contribution in [0.1, 0.15) is 30.2 Å². The molecule has 1 heterocycles. The molecular weight excluding hydrogens is 346 g/mol. The van der Waals surface area contributed by atoms with Crippen molar-refractivity contribution in [3.05, 3.63) is 40.0 Å². The van der Waals surface area contributed by atoms with Gasteiger partial charge in [0.15, 0.2) is 5.82 Å². The van der Waals surface area contributed by atoms with Crippen LogP contribution in [-0.4, -0.2) is 18.6 Å². The van der Waals surface area contributed by atoms with Crippen molar-refractivity contribution in [2.45, 2.75) is 31.7 Å². The monoisotopic (exact) mass is 359 g/mol. The molecule has 8 heteroatoms. The highest BCUT2D eigenvalue weighted by molar-refractivity contribution is 9.10. The second kappa shape index (κ2) is 5.63. The maximum atomic E-state index is 12.3. The van der Waals surface area contributed by atoms with Gasteiger partial charge in [-0.2, -0.15) is 9.71 Å². The quantitative estimate of drug-likeness (QED) is 0.906. The lowest BCUT2D eigenvalue weighted by atomic mass is 10.2. The van der Waals surface area contributed by atoms with Crippen LogP contribution in [0.2, 0.25) is 0 Å². The van der Waals surface area contributed by atoms with Crippen LogP contribution in [-0.2, 0) is 10.0 Å². The summed E-state index contributed by atoms with van der Waals surface area (Å²) in [7, 11) is -3.64. The minimum atomic E-state index is -3.64. The van der Waals surface area contributed by atoms with Gasteiger partial charge in [-0.05, 0) is 44.5 Å². The maximum Gasteiger partial charge on any atom is 0.244 e. The predicted octanol–water partition coefficient (Wildman–Crippen LogP) is 2.49. The van der Waals surface area contributed by atoms with Crippen LogP contribution in [0.15, 0.2) is 32.1 Å². The number of aryl methyl sites for hydroxylation is 2. The second-order valence-electron chi connectivity index (χ2n) is 4.43. The lowest BCUT2D eigenvalue weighted by molar-refractivity contribution is 0.351. The van der Waals surface area contributed by atoms with Crippen LogP contribution >= 0.6 is 15.9 Å². The molecule has 0 aliphatic rings. The number of nitrogens with one attached hydrogen (secondary N) is 1. The van der Waals surface area contributed by atoms with Crippen LogP contribution in [0.3, 0.4) is 0 Å². The third-order valence-electron chi connectivity index (χ3n) is 2.69. The van der Waals surface area contributed by atoms with Crippen molar-refractivity contribution < 1.29 is 12.9 Å². The zero-order valence-corrected chi connectivity index (χ0v) is 13.6. The molecule has 0 saturated carbocycles. The molecule has 0 amide bonds. The molecule has 1 N–H and O–H groups in total. The number of hydrogen-bond donors (Lipinski definition) is 1. The number of hydrogen-bond acceptors (Lipinski definition) is 5. The molecule has 0 fully saturated rings. The van der Waals surface area contributed by atoms with Gasteiger partial charge in [0.25, 0.3) is 0 Å². The summed E-state index contributed by atoms with van der Waals surface area (Å²) in [6, 6.07) is 4.24. The molecule has 0 saturated heterocycles. The lowest BCUT2D eigenvalue weighted by Crippen LogP contribution is -2.27. The molecule has 2 aromatic rings. The first-order valence-corrected chi connectivity index (χ1v) is 8.16. The Morgan fingerprint density at radius 3 is 2.60 bits per heavy atom. The Kier molecular flexibility index (Phi) is 4.26. The average molecular weight is 360 g/mol. The molecular formula is C12H14BrN3O3S. The fraction of sp³-hybridized carbons (Fsp3) is 0.333. The smallest absolute Gasteiger partial charge is 0.244 e. The van der Waals surface area contributed by atoms with Gasteiger partial charge in [0, 0.05) is 4.47 Å². The Hall–Kier alpha value is -1.25. The second-order valence-corrected chi connectivity index (χ2v) is 7.00. The van der Waals surface area contributed by atoms with Gasteiger partial charge >= 0.3 is 0 Å². The van der Waals surface area contributed by atoms with Gasteiger partial charge in [-0.3, -0.25) is 0 Å². The molecule has 0 bridgehead atoms. The average Bonchev–Trinajstić information content (AvgIpc) is 2.79. The fourth-order valence-electron chi connectivity index (χ4n) is 1.62. The first-order valence-electron chi connectivity index (χ1n) is 5.88. The first kappa shape index (κ1) is 15.1. The molecule has 0 spiro atoms. The fourth-order valence-corrected chi connectivity index (χ4v) is 3.15. The van der Waals surface area contributed by atoms with Crippen LogP contribution in [0, 0.1) is 13.8 Å². The van der Waals surface area contributed by atoms with Crippen LogP contribution < -0.4 is 4.72 Å². The summed E-state index contributed by atoms with van der Waals surface area (Å²) in [6.45, 7) is 5.15. The van der Waals surface area contributed by atoms with E-state index in [-0.39, 0.29) is 10.8 Å². The van der Waals surface area contributed by atoms with Crippen molar-refractivity contribution in [3.8, 4) is 0 Å². The predicted molar refractivity (Wildman–Crippen MR) is 76.7 cm³/mol. The van der Waals surface area contributed by atoms with Crippen LogP contribution in [0.4, 0.5) is 0 Å². The Morgan fingerprint density at radius 1 is 1.35 bits per heavy atom. The van der Waals surface area contributed by atoms with E-state index in [4.69, 9.17) is 4.52 Å². The third kappa shape index (κ3) is 3.25. The van der Waals surface area contributed by atoms with Gasteiger partial charge in [-0.1, -0.05) is 21.1 Å². The molecule has 0 unspecified atom stereocenters. The van der Waals surface area contributed by atoms with Crippen molar-refractivity contribution in [3.63, 3.8) is 0 Å². The van der Waals surface area contributed by atoms with E-state index in [9.17, 15) is 8.42 Å². The Bertz CT molecular complexity index is 727. The number of benzene rings is 1. The summed E-state index contributed by atoms with van der Waals surface area (Å²) in [6.07, 6.45) is 0. The Balaban J connectivity index is 2.24. The number of aromatic nitrogens is 2. The largest absolute Gasteiger partial charge is 0.338 e. The first-order chi connectivity index (χ1) is 9.29. The van der Waals surface area contributed by atoms with Crippen molar-refractivity contribution in [1.82, 2.24) is 14.9 Å². The van der Waals surface area contributed by atoms with Gasteiger partial charge in [0.1, 0.15) is 0 Å². The summed E-state index contributed by atoms with van der Waals surface area (Å²) in [4.78, 5) is 4.20. The highest BCUT2D eigenvalue weighted by Gasteiger charge is 2.22. The van der Waals surface area contributed by atoms with E-state index in [1.165, 1.54) is 6.07 Å². The molecule has 108 valence electrons. The van der Waals surface area contributed by atoms with Gasteiger partial charge in [0.05, 0.1) is 10.9 Å². The summed E-state index contributed by atoms with van der Waals surface area (Å²) in [5.74, 6) is 0.699. The Morgan fingerprint density at radius 2 is 2.05 bits per heavy atom. The Labute approximate surface area is 125 Å². The van der Waals surface area contributed by atoms with E-state index in [1.54, 1.807) is 26.0 Å². The number of nitrogens with zero attached hydrogens (tertiary/aromatic N) is 2. The number of sulfonamides is 1. The van der Waals surface area contributed by atoms with Crippen LogP contribution in [0.25, 0.3) is 0 Å². The van der Waals surface area contributed by atoms with Gasteiger partial charge in [0.2, 0.25) is 15.9 Å². The summed E-state index contributed by atoms with van der Waals surface area (Å²) in [5.41, 5.74) is 0.842. The van der Waals surface area contributed by atoms with Gasteiger partial charge in [-0.25, -0.2) is 8.42 Å². The number of rotatable bonds is 4. The molecule has 20 heavy (non-hydrogen) atoms. The molecule has 1 aromatic heterocycles. The summed E-state index contributed by atoms with van der Waals surface area (Å²) in [5, 5.41) is 3.64. The van der Waals surface area contributed by atoms with E-state index in [0.29, 0.717) is 5.82 Å². The molecule has 0 aliphatic carbocycles. The third-order valence-corrected chi connectivity index (χ3v) is 5.11. The summed E-state index contributed by atoms with van der Waals surface area (Å²) >= 11 is 3.34. The van der Waals surface area contributed by atoms with E-state index in [0.717, 1.165) is 10.0 Å². The maximum absolute atomic E-state index is 12.3. The zero-order valence-electron chi connectivity index (χ0n) is 11.2. The standard InChI is InChI=1S/C12H14BrN3O3S/c1-7-6-10(4-5-11(7)13)20(17,18)16-8(2)12-14-9(3)15-19-12/h4-6,8,16H,1-3H3/t8-/m1/s1.